The van der Waals surface area contributed by atoms with E-state index < -0.39 is 6.10 Å². The van der Waals surface area contributed by atoms with E-state index in [9.17, 15) is 5.11 Å². The van der Waals surface area contributed by atoms with Crippen molar-refractivity contribution < 1.29 is 19.3 Å². The van der Waals surface area contributed by atoms with Gasteiger partial charge >= 0.3 is 0 Å². The van der Waals surface area contributed by atoms with Gasteiger partial charge in [0.2, 0.25) is 0 Å². The Labute approximate surface area is 108 Å². The molecule has 0 aliphatic rings. The lowest BCUT2D eigenvalue weighted by atomic mass is 10.2. The highest BCUT2D eigenvalue weighted by molar-refractivity contribution is 5.40. The molecule has 0 saturated heterocycles. The molecule has 18 heavy (non-hydrogen) atoms. The molecule has 5 nitrogen and oxygen atoms in total. The molecule has 2 N–H and O–H groups in total. The first kappa shape index (κ1) is 14.8. The fraction of sp³-hybridized carbons (Fsp3) is 0.538. The van der Waals surface area contributed by atoms with Gasteiger partial charge in [0.1, 0.15) is 24.2 Å². The first-order valence-electron chi connectivity index (χ1n) is 5.82. The Morgan fingerprint density at radius 1 is 1.28 bits per heavy atom. The Hall–Kier alpha value is -1.30. The van der Waals surface area contributed by atoms with Crippen LogP contribution in [-0.4, -0.2) is 45.7 Å². The summed E-state index contributed by atoms with van der Waals surface area (Å²) in [5.41, 5.74) is 1.02. The minimum Gasteiger partial charge on any atom is -0.497 e. The summed E-state index contributed by atoms with van der Waals surface area (Å²) < 4.78 is 15.6. The van der Waals surface area contributed by atoms with Crippen LogP contribution in [0, 0.1) is 0 Å². The van der Waals surface area contributed by atoms with E-state index in [2.05, 4.69) is 5.32 Å². The second-order valence-corrected chi connectivity index (χ2v) is 3.92. The van der Waals surface area contributed by atoms with E-state index in [0.29, 0.717) is 12.3 Å². The highest BCUT2D eigenvalue weighted by Crippen LogP contribution is 2.24. The lowest BCUT2D eigenvalue weighted by molar-refractivity contribution is 0.0322. The van der Waals surface area contributed by atoms with E-state index in [0.717, 1.165) is 11.3 Å². The van der Waals surface area contributed by atoms with Crippen molar-refractivity contribution in [3.8, 4) is 11.5 Å². The van der Waals surface area contributed by atoms with Gasteiger partial charge in [-0.1, -0.05) is 6.07 Å². The summed E-state index contributed by atoms with van der Waals surface area (Å²) in [4.78, 5) is 0. The molecule has 1 unspecified atom stereocenters. The number of nitrogens with one attached hydrogen (secondary N) is 1. The number of aliphatic hydroxyl groups is 1. The summed E-state index contributed by atoms with van der Waals surface area (Å²) in [7, 11) is 5.02. The van der Waals surface area contributed by atoms with Crippen LogP contribution in [0.5, 0.6) is 11.5 Å². The number of hydrogen-bond donors (Lipinski definition) is 2. The van der Waals surface area contributed by atoms with E-state index in [4.69, 9.17) is 14.2 Å². The number of benzene rings is 1. The molecule has 5 heteroatoms. The van der Waals surface area contributed by atoms with E-state index in [1.165, 1.54) is 0 Å². The third-order valence-electron chi connectivity index (χ3n) is 2.43. The third-order valence-corrected chi connectivity index (χ3v) is 2.43. The molecule has 1 aromatic carbocycles. The van der Waals surface area contributed by atoms with Gasteiger partial charge in [0.15, 0.2) is 0 Å². The number of hydrogen-bond acceptors (Lipinski definition) is 5. The molecule has 0 aliphatic heterocycles. The smallest absolute Gasteiger partial charge is 0.127 e. The molecule has 0 aromatic heterocycles. The van der Waals surface area contributed by atoms with Crippen molar-refractivity contribution in [2.75, 3.05) is 34.5 Å². The summed E-state index contributed by atoms with van der Waals surface area (Å²) >= 11 is 0. The highest BCUT2D eigenvalue weighted by atomic mass is 16.5. The molecule has 0 spiro atoms. The monoisotopic (exact) mass is 255 g/mol. The summed E-state index contributed by atoms with van der Waals surface area (Å²) in [6.45, 7) is 1.14. The van der Waals surface area contributed by atoms with Crippen LogP contribution in [0.15, 0.2) is 18.2 Å². The normalized spacial score (nSPS) is 12.2. The van der Waals surface area contributed by atoms with Crippen LogP contribution < -0.4 is 14.8 Å². The standard InChI is InChI=1S/C13H21NO4/c1-14-7-10-4-5-12(17-3)6-13(10)18-9-11(15)8-16-2/h4-6,11,14-15H,7-9H2,1-3H3. The summed E-state index contributed by atoms with van der Waals surface area (Å²) in [6, 6.07) is 5.63. The fourth-order valence-corrected chi connectivity index (χ4v) is 1.56. The van der Waals surface area contributed by atoms with Crippen molar-refractivity contribution >= 4 is 0 Å². The number of rotatable bonds is 8. The van der Waals surface area contributed by atoms with Gasteiger partial charge in [0, 0.05) is 25.3 Å². The van der Waals surface area contributed by atoms with Crippen LogP contribution in [-0.2, 0) is 11.3 Å². The summed E-state index contributed by atoms with van der Waals surface area (Å²) in [5, 5.41) is 12.6. The topological polar surface area (TPSA) is 60.0 Å². The molecule has 1 aromatic rings. The maximum atomic E-state index is 9.56. The van der Waals surface area contributed by atoms with Crippen molar-refractivity contribution in [3.63, 3.8) is 0 Å². The lowest BCUT2D eigenvalue weighted by Crippen LogP contribution is -2.23. The maximum Gasteiger partial charge on any atom is 0.127 e. The molecular weight excluding hydrogens is 234 g/mol. The zero-order valence-corrected chi connectivity index (χ0v) is 11.1. The van der Waals surface area contributed by atoms with Crippen LogP contribution in [0.1, 0.15) is 5.56 Å². The van der Waals surface area contributed by atoms with Gasteiger partial charge in [-0.3, -0.25) is 0 Å². The lowest BCUT2D eigenvalue weighted by Gasteiger charge is -2.15. The highest BCUT2D eigenvalue weighted by Gasteiger charge is 2.09. The van der Waals surface area contributed by atoms with Crippen molar-refractivity contribution in [2.24, 2.45) is 0 Å². The number of methoxy groups -OCH3 is 2. The van der Waals surface area contributed by atoms with E-state index in [-0.39, 0.29) is 13.2 Å². The van der Waals surface area contributed by atoms with Crippen LogP contribution in [0.4, 0.5) is 0 Å². The predicted molar refractivity (Wildman–Crippen MR) is 69.1 cm³/mol. The van der Waals surface area contributed by atoms with Gasteiger partial charge in [0.25, 0.3) is 0 Å². The molecule has 0 radical (unpaired) electrons. The van der Waals surface area contributed by atoms with Crippen molar-refractivity contribution in [1.29, 1.82) is 0 Å². The molecule has 0 bridgehead atoms. The second-order valence-electron chi connectivity index (χ2n) is 3.92. The average Bonchev–Trinajstić information content (AvgIpc) is 2.38. The van der Waals surface area contributed by atoms with E-state index in [1.54, 1.807) is 14.2 Å². The number of ether oxygens (including phenoxy) is 3. The first-order chi connectivity index (χ1) is 8.71. The Kier molecular flexibility index (Phi) is 6.49. The van der Waals surface area contributed by atoms with Gasteiger partial charge in [-0.25, -0.2) is 0 Å². The molecule has 0 amide bonds. The van der Waals surface area contributed by atoms with Crippen LogP contribution in [0.25, 0.3) is 0 Å². The van der Waals surface area contributed by atoms with Gasteiger partial charge in [-0.05, 0) is 13.1 Å². The molecule has 102 valence electrons. The SMILES string of the molecule is CNCc1ccc(OC)cc1OCC(O)COC. The van der Waals surface area contributed by atoms with Crippen LogP contribution >= 0.6 is 0 Å². The van der Waals surface area contributed by atoms with Crippen LogP contribution in [0.3, 0.4) is 0 Å². The van der Waals surface area contributed by atoms with Crippen molar-refractivity contribution in [3.05, 3.63) is 23.8 Å². The maximum absolute atomic E-state index is 9.56. The zero-order valence-electron chi connectivity index (χ0n) is 11.1. The van der Waals surface area contributed by atoms with Gasteiger partial charge < -0.3 is 24.6 Å². The molecule has 0 fully saturated rings. The first-order valence-corrected chi connectivity index (χ1v) is 5.82. The Morgan fingerprint density at radius 3 is 2.67 bits per heavy atom. The second kappa shape index (κ2) is 7.92. The zero-order chi connectivity index (χ0) is 13.4. The average molecular weight is 255 g/mol. The Balaban J connectivity index is 2.70. The van der Waals surface area contributed by atoms with Crippen molar-refractivity contribution in [2.45, 2.75) is 12.6 Å². The van der Waals surface area contributed by atoms with Gasteiger partial charge in [0.05, 0.1) is 13.7 Å². The van der Waals surface area contributed by atoms with Crippen molar-refractivity contribution in [1.82, 2.24) is 5.32 Å². The molecule has 0 saturated carbocycles. The minimum absolute atomic E-state index is 0.192. The number of aliphatic hydroxyl groups excluding tert-OH is 1. The van der Waals surface area contributed by atoms with Gasteiger partial charge in [-0.2, -0.15) is 0 Å². The molecule has 0 aliphatic carbocycles. The quantitative estimate of drug-likeness (QED) is 0.719. The molecule has 1 rings (SSSR count). The third kappa shape index (κ3) is 4.52. The Bertz CT molecular complexity index is 357. The molecule has 0 heterocycles. The van der Waals surface area contributed by atoms with E-state index >= 15 is 0 Å². The summed E-state index contributed by atoms with van der Waals surface area (Å²) in [5.74, 6) is 1.44. The largest absolute Gasteiger partial charge is 0.497 e. The molecule has 1 atom stereocenters. The molecular formula is C13H21NO4. The Morgan fingerprint density at radius 2 is 2.06 bits per heavy atom. The van der Waals surface area contributed by atoms with Gasteiger partial charge in [-0.15, -0.1) is 0 Å². The predicted octanol–water partition coefficient (Wildman–Crippen LogP) is 0.801. The fourth-order valence-electron chi connectivity index (χ4n) is 1.56. The van der Waals surface area contributed by atoms with E-state index in [1.807, 2.05) is 25.2 Å². The minimum atomic E-state index is -0.636. The summed E-state index contributed by atoms with van der Waals surface area (Å²) in [6.07, 6.45) is -0.636. The van der Waals surface area contributed by atoms with Crippen LogP contribution in [0.2, 0.25) is 0 Å².